The molecule has 2 aromatic rings. The first-order chi connectivity index (χ1) is 14.5. The first-order valence-electron chi connectivity index (χ1n) is 10.8. The lowest BCUT2D eigenvalue weighted by Gasteiger charge is -2.32. The van der Waals surface area contributed by atoms with Gasteiger partial charge in [-0.3, -0.25) is 4.79 Å². The zero-order chi connectivity index (χ0) is 20.7. The zero-order valence-electron chi connectivity index (χ0n) is 16.9. The third-order valence-electron chi connectivity index (χ3n) is 6.34. The summed E-state index contributed by atoms with van der Waals surface area (Å²) in [5, 5.41) is 4.00. The lowest BCUT2D eigenvalue weighted by atomic mass is 9.97. The molecule has 2 saturated heterocycles. The van der Waals surface area contributed by atoms with E-state index in [0.29, 0.717) is 43.6 Å². The number of amides is 1. The van der Waals surface area contributed by atoms with Crippen LogP contribution < -0.4 is 0 Å². The quantitative estimate of drug-likeness (QED) is 0.723. The maximum Gasteiger partial charge on any atom is 0.243 e. The number of carbonyl (C=O) groups is 1. The van der Waals surface area contributed by atoms with Crippen molar-refractivity contribution in [3.63, 3.8) is 0 Å². The van der Waals surface area contributed by atoms with Crippen LogP contribution in [-0.2, 0) is 14.8 Å². The minimum atomic E-state index is -3.58. The smallest absolute Gasteiger partial charge is 0.243 e. The highest BCUT2D eigenvalue weighted by Gasteiger charge is 2.34. The molecule has 0 atom stereocenters. The molecular formula is C21H26N4O4S. The van der Waals surface area contributed by atoms with Crippen molar-refractivity contribution in [3.8, 4) is 11.4 Å². The molecule has 160 valence electrons. The average molecular weight is 431 g/mol. The Bertz CT molecular complexity index is 1020. The molecule has 1 amide bonds. The Kier molecular flexibility index (Phi) is 5.10. The van der Waals surface area contributed by atoms with Gasteiger partial charge in [-0.05, 0) is 62.8 Å². The Balaban J connectivity index is 1.24. The van der Waals surface area contributed by atoms with Crippen molar-refractivity contribution in [2.24, 2.45) is 5.92 Å². The summed E-state index contributed by atoms with van der Waals surface area (Å²) in [4.78, 5) is 19.2. The second kappa shape index (κ2) is 7.77. The number of likely N-dealkylation sites (tertiary alicyclic amines) is 1. The van der Waals surface area contributed by atoms with Crippen LogP contribution >= 0.6 is 0 Å². The molecule has 0 unspecified atom stereocenters. The zero-order valence-corrected chi connectivity index (χ0v) is 17.7. The Morgan fingerprint density at radius 3 is 2.27 bits per heavy atom. The lowest BCUT2D eigenvalue weighted by Crippen LogP contribution is -2.43. The van der Waals surface area contributed by atoms with E-state index in [2.05, 4.69) is 10.1 Å². The van der Waals surface area contributed by atoms with E-state index in [1.54, 1.807) is 24.3 Å². The van der Waals surface area contributed by atoms with Crippen LogP contribution in [0.1, 0.15) is 50.3 Å². The number of hydrogen-bond acceptors (Lipinski definition) is 6. The van der Waals surface area contributed by atoms with Crippen LogP contribution in [0.5, 0.6) is 0 Å². The van der Waals surface area contributed by atoms with Gasteiger partial charge in [-0.15, -0.1) is 0 Å². The first kappa shape index (κ1) is 19.7. The van der Waals surface area contributed by atoms with E-state index >= 15 is 0 Å². The normalized spacial score (nSPS) is 21.3. The molecule has 1 aromatic heterocycles. The second-order valence-corrected chi connectivity index (χ2v) is 10.4. The molecule has 5 rings (SSSR count). The fourth-order valence-electron chi connectivity index (χ4n) is 4.31. The fourth-order valence-corrected chi connectivity index (χ4v) is 5.78. The van der Waals surface area contributed by atoms with Crippen molar-refractivity contribution < 1.29 is 17.7 Å². The van der Waals surface area contributed by atoms with E-state index in [-0.39, 0.29) is 16.7 Å². The molecule has 3 aliphatic rings. The number of aromatic nitrogens is 2. The van der Waals surface area contributed by atoms with E-state index in [1.165, 1.54) is 4.31 Å². The van der Waals surface area contributed by atoms with Gasteiger partial charge in [0, 0.05) is 43.6 Å². The van der Waals surface area contributed by atoms with Crippen LogP contribution in [-0.4, -0.2) is 59.8 Å². The molecule has 8 nitrogen and oxygen atoms in total. The van der Waals surface area contributed by atoms with Crippen molar-refractivity contribution in [3.05, 3.63) is 30.2 Å². The van der Waals surface area contributed by atoms with Crippen LogP contribution in [0.4, 0.5) is 0 Å². The molecule has 1 aromatic carbocycles. The van der Waals surface area contributed by atoms with E-state index < -0.39 is 10.0 Å². The van der Waals surface area contributed by atoms with Crippen molar-refractivity contribution in [1.29, 1.82) is 0 Å². The van der Waals surface area contributed by atoms with Gasteiger partial charge in [0.25, 0.3) is 0 Å². The van der Waals surface area contributed by atoms with Crippen LogP contribution in [0, 0.1) is 5.92 Å². The highest BCUT2D eigenvalue weighted by molar-refractivity contribution is 7.89. The van der Waals surface area contributed by atoms with Crippen LogP contribution in [0.25, 0.3) is 11.4 Å². The number of benzene rings is 1. The molecule has 1 saturated carbocycles. The predicted octanol–water partition coefficient (Wildman–Crippen LogP) is 2.64. The van der Waals surface area contributed by atoms with Gasteiger partial charge in [-0.1, -0.05) is 5.16 Å². The summed E-state index contributed by atoms with van der Waals surface area (Å²) in [6, 6.07) is 6.63. The summed E-state index contributed by atoms with van der Waals surface area (Å²) >= 11 is 0. The third-order valence-corrected chi connectivity index (χ3v) is 8.25. The number of piperidine rings is 1. The Hall–Kier alpha value is -2.26. The van der Waals surface area contributed by atoms with Crippen molar-refractivity contribution in [2.75, 3.05) is 26.2 Å². The number of rotatable bonds is 5. The van der Waals surface area contributed by atoms with Crippen molar-refractivity contribution in [1.82, 2.24) is 19.3 Å². The highest BCUT2D eigenvalue weighted by Crippen LogP contribution is 2.39. The van der Waals surface area contributed by atoms with Crippen molar-refractivity contribution >= 4 is 15.9 Å². The molecule has 0 radical (unpaired) electrons. The summed E-state index contributed by atoms with van der Waals surface area (Å²) in [6.45, 7) is 2.44. The minimum Gasteiger partial charge on any atom is -0.342 e. The number of hydrogen-bond donors (Lipinski definition) is 0. The van der Waals surface area contributed by atoms with Crippen LogP contribution in [0.15, 0.2) is 33.7 Å². The number of nitrogens with zero attached hydrogens (tertiary/aromatic N) is 4. The molecule has 0 N–H and O–H groups in total. The summed E-state index contributed by atoms with van der Waals surface area (Å²) in [5.74, 6) is 1.66. The van der Waals surface area contributed by atoms with Crippen LogP contribution in [0.2, 0.25) is 0 Å². The summed E-state index contributed by atoms with van der Waals surface area (Å²) in [7, 11) is -3.58. The number of sulfonamides is 1. The topological polar surface area (TPSA) is 96.6 Å². The molecule has 3 fully saturated rings. The number of carbonyl (C=O) groups excluding carboxylic acids is 1. The Labute approximate surface area is 176 Å². The van der Waals surface area contributed by atoms with Gasteiger partial charge in [-0.2, -0.15) is 9.29 Å². The van der Waals surface area contributed by atoms with Gasteiger partial charge >= 0.3 is 0 Å². The first-order valence-corrected chi connectivity index (χ1v) is 12.2. The van der Waals surface area contributed by atoms with Gasteiger partial charge in [0.2, 0.25) is 27.6 Å². The van der Waals surface area contributed by atoms with E-state index in [9.17, 15) is 13.2 Å². The Morgan fingerprint density at radius 2 is 1.63 bits per heavy atom. The SMILES string of the molecule is O=C(C1CCN(S(=O)(=O)c2ccc(-c3noc(C4CC4)n3)cc2)CC1)N1CCCC1. The lowest BCUT2D eigenvalue weighted by molar-refractivity contribution is -0.135. The monoisotopic (exact) mass is 430 g/mol. The van der Waals surface area contributed by atoms with E-state index in [1.807, 2.05) is 4.90 Å². The molecular weight excluding hydrogens is 404 g/mol. The molecule has 1 aliphatic carbocycles. The predicted molar refractivity (Wildman–Crippen MR) is 109 cm³/mol. The standard InChI is InChI=1S/C21H26N4O4S/c26-21(24-11-1-2-12-24)17-9-13-25(14-10-17)30(27,28)18-7-5-15(6-8-18)19-22-20(29-23-19)16-3-4-16/h5-8,16-17H,1-4,9-14H2. The summed E-state index contributed by atoms with van der Waals surface area (Å²) < 4.78 is 32.9. The fraction of sp³-hybridized carbons (Fsp3) is 0.571. The van der Waals surface area contributed by atoms with Gasteiger partial charge < -0.3 is 9.42 Å². The highest BCUT2D eigenvalue weighted by atomic mass is 32.2. The molecule has 2 aliphatic heterocycles. The third kappa shape index (κ3) is 3.76. The average Bonchev–Trinajstić information content (AvgIpc) is 3.27. The molecule has 3 heterocycles. The maximum absolute atomic E-state index is 13.1. The van der Waals surface area contributed by atoms with E-state index in [0.717, 1.165) is 44.3 Å². The Morgan fingerprint density at radius 1 is 0.967 bits per heavy atom. The molecule has 0 spiro atoms. The second-order valence-electron chi connectivity index (χ2n) is 8.47. The van der Waals surface area contributed by atoms with Gasteiger partial charge in [-0.25, -0.2) is 8.42 Å². The molecule has 0 bridgehead atoms. The van der Waals surface area contributed by atoms with Crippen molar-refractivity contribution in [2.45, 2.75) is 49.3 Å². The van der Waals surface area contributed by atoms with Gasteiger partial charge in [0.1, 0.15) is 0 Å². The molecule has 9 heteroatoms. The summed E-state index contributed by atoms with van der Waals surface area (Å²) in [6.07, 6.45) is 5.47. The largest absolute Gasteiger partial charge is 0.342 e. The minimum absolute atomic E-state index is 0.0594. The summed E-state index contributed by atoms with van der Waals surface area (Å²) in [5.41, 5.74) is 0.736. The van der Waals surface area contributed by atoms with E-state index in [4.69, 9.17) is 4.52 Å². The van der Waals surface area contributed by atoms with Crippen LogP contribution in [0.3, 0.4) is 0 Å². The maximum atomic E-state index is 13.1. The molecule has 30 heavy (non-hydrogen) atoms. The van der Waals surface area contributed by atoms with Gasteiger partial charge in [0.05, 0.1) is 4.90 Å². The van der Waals surface area contributed by atoms with Gasteiger partial charge in [0.15, 0.2) is 0 Å².